The molecule has 1 aliphatic heterocycles. The highest BCUT2D eigenvalue weighted by atomic mass is 35.5. The Kier molecular flexibility index (Phi) is 11.6. The van der Waals surface area contributed by atoms with Crippen LogP contribution in [0.1, 0.15) is 30.6 Å². The zero-order valence-electron chi connectivity index (χ0n) is 25.1. The smallest absolute Gasteiger partial charge is 0.257 e. The number of halogens is 1. The van der Waals surface area contributed by atoms with Crippen LogP contribution >= 0.6 is 11.6 Å². The first-order valence-corrected chi connectivity index (χ1v) is 14.8. The number of ether oxygens (including phenoxy) is 3. The number of allylic oxidation sites excluding steroid dienone is 1. The van der Waals surface area contributed by atoms with Crippen molar-refractivity contribution in [2.45, 2.75) is 19.4 Å². The number of methoxy groups -OCH3 is 2. The molecule has 3 aromatic rings. The molecule has 0 aliphatic carbocycles. The van der Waals surface area contributed by atoms with Gasteiger partial charge in [0.1, 0.15) is 5.75 Å². The average Bonchev–Trinajstić information content (AvgIpc) is 3.05. The molecule has 0 spiro atoms. The van der Waals surface area contributed by atoms with Gasteiger partial charge in [-0.05, 0) is 59.9 Å². The fourth-order valence-corrected chi connectivity index (χ4v) is 5.35. The van der Waals surface area contributed by atoms with Crippen molar-refractivity contribution < 1.29 is 23.8 Å². The minimum Gasteiger partial charge on any atom is -0.504 e. The molecule has 1 atom stereocenters. The van der Waals surface area contributed by atoms with E-state index < -0.39 is 5.78 Å². The van der Waals surface area contributed by atoms with Gasteiger partial charge in [-0.25, -0.2) is 0 Å². The topological polar surface area (TPSA) is 68.3 Å². The van der Waals surface area contributed by atoms with Gasteiger partial charge in [0, 0.05) is 44.4 Å². The number of carbonyl (C=O) groups is 2. The van der Waals surface area contributed by atoms with Crippen LogP contribution in [0.15, 0.2) is 91.2 Å². The average molecular weight is 603 g/mol. The van der Waals surface area contributed by atoms with Gasteiger partial charge in [-0.3, -0.25) is 14.5 Å². The maximum Gasteiger partial charge on any atom is 0.257 e. The summed E-state index contributed by atoms with van der Waals surface area (Å²) in [5, 5.41) is 0.698. The molecule has 7 nitrogen and oxygen atoms in total. The van der Waals surface area contributed by atoms with Crippen LogP contribution < -0.4 is 4.74 Å². The molecule has 1 saturated heterocycles. The molecule has 43 heavy (non-hydrogen) atoms. The van der Waals surface area contributed by atoms with Crippen molar-refractivity contribution in [2.24, 2.45) is 0 Å². The van der Waals surface area contributed by atoms with Gasteiger partial charge in [-0.2, -0.15) is 0 Å². The summed E-state index contributed by atoms with van der Waals surface area (Å²) in [6.45, 7) is 9.86. The second-order valence-corrected chi connectivity index (χ2v) is 10.8. The van der Waals surface area contributed by atoms with Crippen molar-refractivity contribution in [3.05, 3.63) is 107 Å². The number of Topliss-reactive ketones (excluding diaryl/α,β-unsaturated/α-hetero) is 1. The van der Waals surface area contributed by atoms with E-state index in [0.29, 0.717) is 36.0 Å². The second kappa shape index (κ2) is 15.5. The Morgan fingerprint density at radius 2 is 1.72 bits per heavy atom. The van der Waals surface area contributed by atoms with Crippen LogP contribution in [0.3, 0.4) is 0 Å². The van der Waals surface area contributed by atoms with E-state index in [4.69, 9.17) is 25.8 Å². The Morgan fingerprint density at radius 1 is 0.977 bits per heavy atom. The highest BCUT2D eigenvalue weighted by Crippen LogP contribution is 2.32. The summed E-state index contributed by atoms with van der Waals surface area (Å²) in [6.07, 6.45) is 2.12. The molecule has 3 aromatic carbocycles. The number of benzene rings is 3. The lowest BCUT2D eigenvalue weighted by atomic mass is 9.97. The molecule has 8 heteroatoms. The van der Waals surface area contributed by atoms with E-state index in [1.165, 1.54) is 13.4 Å². The van der Waals surface area contributed by atoms with Crippen LogP contribution in [0.25, 0.3) is 16.7 Å². The van der Waals surface area contributed by atoms with Crippen LogP contribution in [0, 0.1) is 0 Å². The van der Waals surface area contributed by atoms with Crippen LogP contribution in [0.2, 0.25) is 5.02 Å². The van der Waals surface area contributed by atoms with Gasteiger partial charge in [-0.1, -0.05) is 66.7 Å². The molecule has 226 valence electrons. The molecule has 1 heterocycles. The van der Waals surface area contributed by atoms with Crippen LogP contribution in [-0.2, 0) is 19.1 Å². The Hall–Kier alpha value is -3.91. The molecule has 1 aliphatic rings. The summed E-state index contributed by atoms with van der Waals surface area (Å²) in [6, 6.07) is 23.2. The summed E-state index contributed by atoms with van der Waals surface area (Å²) in [4.78, 5) is 30.5. The summed E-state index contributed by atoms with van der Waals surface area (Å²) in [5.41, 5.74) is 4.05. The Bertz CT molecular complexity index is 1450. The van der Waals surface area contributed by atoms with Crippen molar-refractivity contribution in [3.8, 4) is 16.9 Å². The van der Waals surface area contributed by atoms with E-state index in [0.717, 1.165) is 42.7 Å². The van der Waals surface area contributed by atoms with E-state index in [1.807, 2.05) is 36.4 Å². The van der Waals surface area contributed by atoms with Gasteiger partial charge >= 0.3 is 0 Å². The normalized spacial score (nSPS) is 14.7. The third kappa shape index (κ3) is 8.35. The van der Waals surface area contributed by atoms with Gasteiger partial charge in [0.15, 0.2) is 0 Å². The first-order chi connectivity index (χ1) is 20.8. The zero-order valence-corrected chi connectivity index (χ0v) is 25.8. The van der Waals surface area contributed by atoms with E-state index in [-0.39, 0.29) is 23.2 Å². The minimum atomic E-state index is -0.468. The molecule has 4 rings (SSSR count). The molecule has 0 bridgehead atoms. The molecule has 1 unspecified atom stereocenters. The largest absolute Gasteiger partial charge is 0.504 e. The lowest BCUT2D eigenvalue weighted by molar-refractivity contribution is -0.130. The quantitative estimate of drug-likeness (QED) is 0.0737. The lowest BCUT2D eigenvalue weighted by Gasteiger charge is -2.35. The van der Waals surface area contributed by atoms with Crippen molar-refractivity contribution in [1.29, 1.82) is 0 Å². The van der Waals surface area contributed by atoms with Crippen molar-refractivity contribution in [2.75, 3.05) is 53.6 Å². The van der Waals surface area contributed by atoms with E-state index in [9.17, 15) is 9.59 Å². The van der Waals surface area contributed by atoms with E-state index in [1.54, 1.807) is 36.3 Å². The molecule has 0 saturated carbocycles. The number of carbonyl (C=O) groups excluding carboxylic acids is 2. The van der Waals surface area contributed by atoms with E-state index in [2.05, 4.69) is 30.5 Å². The standard InChI is InChI=1S/C35H39ClN2O5/c1-25(34(39)33(24-41-3)28-12-8-13-30(22-28)42-4)35(40)38-19-17-37(18-20-38)16-9-21-43-26(2)31-15-14-29(36)23-32(31)27-10-6-5-7-11-27/h5-8,10-15,22-24,26H,1,9,16-21H2,2-4H3/b33-24+. The molecule has 0 aromatic heterocycles. The Morgan fingerprint density at radius 3 is 2.42 bits per heavy atom. The number of rotatable bonds is 13. The van der Waals surface area contributed by atoms with Crippen molar-refractivity contribution in [1.82, 2.24) is 9.80 Å². The van der Waals surface area contributed by atoms with Crippen LogP contribution in [0.5, 0.6) is 5.75 Å². The number of hydrogen-bond acceptors (Lipinski definition) is 6. The number of nitrogens with zero attached hydrogens (tertiary/aromatic N) is 2. The number of ketones is 1. The first kappa shape index (κ1) is 32.0. The van der Waals surface area contributed by atoms with Gasteiger partial charge in [0.2, 0.25) is 5.78 Å². The van der Waals surface area contributed by atoms with Crippen molar-refractivity contribution >= 4 is 28.9 Å². The fraction of sp³-hybridized carbons (Fsp3) is 0.314. The summed E-state index contributed by atoms with van der Waals surface area (Å²) in [7, 11) is 3.02. The number of hydrogen-bond donors (Lipinski definition) is 0. The predicted octanol–water partition coefficient (Wildman–Crippen LogP) is 6.44. The molecule has 1 fully saturated rings. The predicted molar refractivity (Wildman–Crippen MR) is 171 cm³/mol. The molecule has 0 radical (unpaired) electrons. The van der Waals surface area contributed by atoms with Crippen LogP contribution in [-0.4, -0.2) is 75.0 Å². The number of amides is 1. The maximum absolute atomic E-state index is 13.3. The Balaban J connectivity index is 1.25. The van der Waals surface area contributed by atoms with E-state index >= 15 is 0 Å². The molecular formula is C35H39ClN2O5. The summed E-state index contributed by atoms with van der Waals surface area (Å²) >= 11 is 6.30. The monoisotopic (exact) mass is 602 g/mol. The lowest BCUT2D eigenvalue weighted by Crippen LogP contribution is -2.49. The Labute approximate surface area is 259 Å². The zero-order chi connectivity index (χ0) is 30.8. The summed E-state index contributed by atoms with van der Waals surface area (Å²) in [5.74, 6) is -0.226. The van der Waals surface area contributed by atoms with Gasteiger partial charge in [0.25, 0.3) is 5.91 Å². The van der Waals surface area contributed by atoms with Crippen LogP contribution in [0.4, 0.5) is 0 Å². The maximum atomic E-state index is 13.3. The highest BCUT2D eigenvalue weighted by molar-refractivity contribution is 6.37. The number of piperazine rings is 1. The van der Waals surface area contributed by atoms with Gasteiger partial charge in [-0.15, -0.1) is 0 Å². The van der Waals surface area contributed by atoms with Crippen molar-refractivity contribution in [3.63, 3.8) is 0 Å². The first-order valence-electron chi connectivity index (χ1n) is 14.4. The highest BCUT2D eigenvalue weighted by Gasteiger charge is 2.28. The third-order valence-corrected chi connectivity index (χ3v) is 7.81. The van der Waals surface area contributed by atoms with Gasteiger partial charge < -0.3 is 19.1 Å². The fourth-order valence-electron chi connectivity index (χ4n) is 5.17. The minimum absolute atomic E-state index is 0.0838. The van der Waals surface area contributed by atoms with Gasteiger partial charge in [0.05, 0.1) is 37.7 Å². The molecular weight excluding hydrogens is 564 g/mol. The molecule has 0 N–H and O–H groups in total. The SMILES string of the molecule is C=C(C(=O)/C(=C/OC)c1cccc(OC)c1)C(=O)N1CCN(CCCOC(C)c2ccc(Cl)cc2-c2ccccc2)CC1. The third-order valence-electron chi connectivity index (χ3n) is 7.58. The summed E-state index contributed by atoms with van der Waals surface area (Å²) < 4.78 is 16.6. The second-order valence-electron chi connectivity index (χ2n) is 10.4. The molecule has 1 amide bonds.